The van der Waals surface area contributed by atoms with E-state index in [4.69, 9.17) is 14.7 Å². The average Bonchev–Trinajstić information content (AvgIpc) is 2.88. The second-order valence-corrected chi connectivity index (χ2v) is 12.6. The molecule has 3 aromatic rings. The zero-order chi connectivity index (χ0) is 26.2. The molecule has 0 bridgehead atoms. The van der Waals surface area contributed by atoms with Crippen LogP contribution in [0.2, 0.25) is 0 Å². The highest BCUT2D eigenvalue weighted by molar-refractivity contribution is 7.89. The first-order valence-electron chi connectivity index (χ1n) is 12.7. The molecule has 0 atom stereocenters. The first-order chi connectivity index (χ1) is 17.6. The highest BCUT2D eigenvalue weighted by Gasteiger charge is 2.33. The zero-order valence-corrected chi connectivity index (χ0v) is 22.4. The molecule has 0 aliphatic carbocycles. The molecule has 1 saturated heterocycles. The molecule has 5 rings (SSSR count). The summed E-state index contributed by atoms with van der Waals surface area (Å²) in [5.74, 6) is 1.07. The first-order valence-corrected chi connectivity index (χ1v) is 14.1. The fourth-order valence-electron chi connectivity index (χ4n) is 4.85. The Morgan fingerprint density at radius 1 is 1.00 bits per heavy atom. The number of nitrogens with zero attached hydrogens (tertiary/aromatic N) is 4. The van der Waals surface area contributed by atoms with E-state index in [1.165, 1.54) is 16.4 Å². The van der Waals surface area contributed by atoms with Crippen LogP contribution in [0.25, 0.3) is 0 Å². The Bertz CT molecular complexity index is 1380. The lowest BCUT2D eigenvalue weighted by atomic mass is 9.87. The fourth-order valence-corrected chi connectivity index (χ4v) is 6.26. The number of halogens is 1. The smallest absolute Gasteiger partial charge is 0.243 e. The van der Waals surface area contributed by atoms with E-state index >= 15 is 0 Å². The molecule has 0 unspecified atom stereocenters. The minimum absolute atomic E-state index is 0.0556. The number of hydrogen-bond donors (Lipinski definition) is 0. The molecule has 0 amide bonds. The van der Waals surface area contributed by atoms with E-state index in [0.29, 0.717) is 56.4 Å². The van der Waals surface area contributed by atoms with E-state index < -0.39 is 10.0 Å². The van der Waals surface area contributed by atoms with Crippen molar-refractivity contribution in [3.63, 3.8) is 0 Å². The van der Waals surface area contributed by atoms with Crippen LogP contribution < -0.4 is 4.90 Å². The standard InChI is InChI=1S/C28H33FN4O3S/c1-28(2,3)21-7-9-23(10-8-21)37(34,35)33-12-11-25-24(19-33)27(32-13-15-36-16-14-32)31-26(30-25)18-20-5-4-6-22(29)17-20/h4-10,17H,11-16,18-19H2,1-3H3. The number of fused-ring (bicyclic) bond motifs is 1. The molecule has 37 heavy (non-hydrogen) atoms. The third-order valence-electron chi connectivity index (χ3n) is 6.97. The van der Waals surface area contributed by atoms with Crippen molar-refractivity contribution in [3.05, 3.63) is 82.6 Å². The van der Waals surface area contributed by atoms with Crippen molar-refractivity contribution in [2.24, 2.45) is 0 Å². The molecule has 0 radical (unpaired) electrons. The van der Waals surface area contributed by atoms with Gasteiger partial charge in [0.25, 0.3) is 0 Å². The van der Waals surface area contributed by atoms with E-state index in [0.717, 1.165) is 28.2 Å². The average molecular weight is 525 g/mol. The highest BCUT2D eigenvalue weighted by Crippen LogP contribution is 2.32. The predicted molar refractivity (Wildman–Crippen MR) is 141 cm³/mol. The highest BCUT2D eigenvalue weighted by atomic mass is 32.2. The molecule has 7 nitrogen and oxygen atoms in total. The van der Waals surface area contributed by atoms with Gasteiger partial charge >= 0.3 is 0 Å². The predicted octanol–water partition coefficient (Wildman–Crippen LogP) is 4.09. The third-order valence-corrected chi connectivity index (χ3v) is 8.83. The van der Waals surface area contributed by atoms with Crippen molar-refractivity contribution < 1.29 is 17.5 Å². The van der Waals surface area contributed by atoms with Gasteiger partial charge < -0.3 is 9.64 Å². The number of rotatable bonds is 5. The summed E-state index contributed by atoms with van der Waals surface area (Å²) in [6.45, 7) is 9.38. The van der Waals surface area contributed by atoms with Gasteiger partial charge in [-0.05, 0) is 40.8 Å². The van der Waals surface area contributed by atoms with Crippen LogP contribution >= 0.6 is 0 Å². The second-order valence-electron chi connectivity index (χ2n) is 10.7. The molecule has 2 aromatic carbocycles. The van der Waals surface area contributed by atoms with Crippen molar-refractivity contribution in [1.82, 2.24) is 14.3 Å². The third kappa shape index (κ3) is 5.54. The molecule has 1 fully saturated rings. The van der Waals surface area contributed by atoms with Gasteiger partial charge in [-0.15, -0.1) is 0 Å². The largest absolute Gasteiger partial charge is 0.378 e. The Morgan fingerprint density at radius 3 is 2.41 bits per heavy atom. The lowest BCUT2D eigenvalue weighted by Crippen LogP contribution is -2.41. The Labute approximate surface area is 218 Å². The minimum Gasteiger partial charge on any atom is -0.378 e. The summed E-state index contributed by atoms with van der Waals surface area (Å²) in [5.41, 5.74) is 3.53. The Hall–Kier alpha value is -2.88. The number of hydrogen-bond acceptors (Lipinski definition) is 6. The quantitative estimate of drug-likeness (QED) is 0.501. The van der Waals surface area contributed by atoms with Crippen LogP contribution in [-0.4, -0.2) is 55.5 Å². The molecule has 0 spiro atoms. The molecule has 0 saturated carbocycles. The van der Waals surface area contributed by atoms with Crippen molar-refractivity contribution in [2.45, 2.75) is 50.5 Å². The van der Waals surface area contributed by atoms with Crippen molar-refractivity contribution in [2.75, 3.05) is 37.7 Å². The molecule has 3 heterocycles. The topological polar surface area (TPSA) is 75.6 Å². The molecule has 2 aliphatic rings. The summed E-state index contributed by atoms with van der Waals surface area (Å²) >= 11 is 0. The maximum absolute atomic E-state index is 13.8. The molecule has 0 N–H and O–H groups in total. The number of anilines is 1. The molecule has 196 valence electrons. The van der Waals surface area contributed by atoms with Crippen LogP contribution in [0, 0.1) is 5.82 Å². The normalized spacial score (nSPS) is 17.0. The summed E-state index contributed by atoms with van der Waals surface area (Å²) in [6, 6.07) is 13.7. The van der Waals surface area contributed by atoms with Crippen LogP contribution in [0.15, 0.2) is 53.4 Å². The van der Waals surface area contributed by atoms with Crippen LogP contribution in [0.5, 0.6) is 0 Å². The van der Waals surface area contributed by atoms with Gasteiger partial charge in [-0.3, -0.25) is 0 Å². The fraction of sp³-hybridized carbons (Fsp3) is 0.429. The van der Waals surface area contributed by atoms with Crippen molar-refractivity contribution in [1.29, 1.82) is 0 Å². The Kier molecular flexibility index (Phi) is 7.04. The number of ether oxygens (including phenoxy) is 1. The maximum atomic E-state index is 13.8. The molecular formula is C28H33FN4O3S. The summed E-state index contributed by atoms with van der Waals surface area (Å²) in [4.78, 5) is 12.1. The SMILES string of the molecule is CC(C)(C)c1ccc(S(=O)(=O)N2CCc3nc(Cc4cccc(F)c4)nc(N4CCOCC4)c3C2)cc1. The summed E-state index contributed by atoms with van der Waals surface area (Å²) in [7, 11) is -3.69. The van der Waals surface area contributed by atoms with Crippen LogP contribution in [-0.2, 0) is 39.6 Å². The van der Waals surface area contributed by atoms with E-state index in [9.17, 15) is 12.8 Å². The van der Waals surface area contributed by atoms with Gasteiger partial charge in [0.1, 0.15) is 17.5 Å². The first kappa shape index (κ1) is 25.8. The number of aromatic nitrogens is 2. The summed E-state index contributed by atoms with van der Waals surface area (Å²) in [5, 5.41) is 0. The van der Waals surface area contributed by atoms with E-state index in [1.807, 2.05) is 18.2 Å². The zero-order valence-electron chi connectivity index (χ0n) is 21.6. The van der Waals surface area contributed by atoms with Crippen LogP contribution in [0.4, 0.5) is 10.2 Å². The second kappa shape index (κ2) is 10.1. The lowest BCUT2D eigenvalue weighted by Gasteiger charge is -2.34. The van der Waals surface area contributed by atoms with E-state index in [-0.39, 0.29) is 17.8 Å². The Morgan fingerprint density at radius 2 is 1.73 bits per heavy atom. The van der Waals surface area contributed by atoms with Crippen molar-refractivity contribution >= 4 is 15.8 Å². The lowest BCUT2D eigenvalue weighted by molar-refractivity contribution is 0.122. The van der Waals surface area contributed by atoms with Crippen LogP contribution in [0.3, 0.4) is 0 Å². The molecular weight excluding hydrogens is 491 g/mol. The number of sulfonamides is 1. The summed E-state index contributed by atoms with van der Waals surface area (Å²) < 4.78 is 48.0. The number of benzene rings is 2. The van der Waals surface area contributed by atoms with Gasteiger partial charge in [0.15, 0.2) is 0 Å². The molecule has 2 aliphatic heterocycles. The van der Waals surface area contributed by atoms with E-state index in [1.54, 1.807) is 18.2 Å². The maximum Gasteiger partial charge on any atom is 0.243 e. The van der Waals surface area contributed by atoms with Gasteiger partial charge in [0, 0.05) is 44.6 Å². The van der Waals surface area contributed by atoms with Crippen LogP contribution in [0.1, 0.15) is 49.0 Å². The number of morpholine rings is 1. The van der Waals surface area contributed by atoms with Gasteiger partial charge in [-0.1, -0.05) is 45.0 Å². The van der Waals surface area contributed by atoms with Gasteiger partial charge in [0.05, 0.1) is 23.8 Å². The minimum atomic E-state index is -3.69. The monoisotopic (exact) mass is 524 g/mol. The summed E-state index contributed by atoms with van der Waals surface area (Å²) in [6.07, 6.45) is 0.898. The molecule has 1 aromatic heterocycles. The molecule has 9 heteroatoms. The van der Waals surface area contributed by atoms with Gasteiger partial charge in [-0.25, -0.2) is 22.8 Å². The van der Waals surface area contributed by atoms with E-state index in [2.05, 4.69) is 25.7 Å². The van der Waals surface area contributed by atoms with Crippen molar-refractivity contribution in [3.8, 4) is 0 Å². The van der Waals surface area contributed by atoms with Gasteiger partial charge in [-0.2, -0.15) is 4.31 Å². The van der Waals surface area contributed by atoms with Gasteiger partial charge in [0.2, 0.25) is 10.0 Å². The Balaban J connectivity index is 1.47.